The average Bonchev–Trinajstić information content (AvgIpc) is 2.62. The van der Waals surface area contributed by atoms with E-state index in [1.54, 1.807) is 0 Å². The van der Waals surface area contributed by atoms with Gasteiger partial charge in [-0.05, 0) is 25.2 Å². The third-order valence-electron chi connectivity index (χ3n) is 2.59. The van der Waals surface area contributed by atoms with Crippen molar-refractivity contribution in [2.24, 2.45) is 5.41 Å². The Labute approximate surface area is 111 Å². The number of nitrogens with zero attached hydrogens (tertiary/aromatic N) is 3. The number of ether oxygens (including phenoxy) is 1. The Balaban J connectivity index is 2.58. The highest BCUT2D eigenvalue weighted by Crippen LogP contribution is 2.20. The first kappa shape index (κ1) is 15.2. The Morgan fingerprint density at radius 2 is 1.83 bits per heavy atom. The van der Waals surface area contributed by atoms with Crippen LogP contribution in [0.3, 0.4) is 0 Å². The van der Waals surface area contributed by atoms with Crippen LogP contribution < -0.4 is 0 Å². The van der Waals surface area contributed by atoms with Gasteiger partial charge < -0.3 is 4.74 Å². The second kappa shape index (κ2) is 5.39. The molecule has 0 radical (unpaired) electrons. The molecule has 0 N–H and O–H groups in total. The Hall–Kier alpha value is -0.900. The van der Waals surface area contributed by atoms with Crippen molar-refractivity contribution in [1.29, 1.82) is 0 Å². The van der Waals surface area contributed by atoms with E-state index in [2.05, 4.69) is 58.8 Å². The summed E-state index contributed by atoms with van der Waals surface area (Å²) < 4.78 is 7.85. The molecule has 0 aromatic carbocycles. The highest BCUT2D eigenvalue weighted by molar-refractivity contribution is 4.98. The van der Waals surface area contributed by atoms with Crippen molar-refractivity contribution in [3.05, 3.63) is 11.9 Å². The first-order valence-corrected chi connectivity index (χ1v) is 6.63. The minimum absolute atomic E-state index is 0.183. The van der Waals surface area contributed by atoms with Crippen LogP contribution in [0.5, 0.6) is 0 Å². The molecule has 0 fully saturated rings. The molecule has 0 aliphatic rings. The topological polar surface area (TPSA) is 39.9 Å². The van der Waals surface area contributed by atoms with Gasteiger partial charge in [0.1, 0.15) is 0 Å². The van der Waals surface area contributed by atoms with Crippen LogP contribution in [0.4, 0.5) is 0 Å². The smallest absolute Gasteiger partial charge is 0.0852 e. The van der Waals surface area contributed by atoms with Crippen LogP contribution in [0.15, 0.2) is 6.20 Å². The molecule has 0 saturated carbocycles. The number of rotatable bonds is 5. The van der Waals surface area contributed by atoms with E-state index in [1.165, 1.54) is 0 Å². The normalized spacial score (nSPS) is 13.3. The fourth-order valence-corrected chi connectivity index (χ4v) is 1.50. The molecule has 1 rings (SSSR count). The van der Waals surface area contributed by atoms with Gasteiger partial charge in [-0.25, -0.2) is 4.68 Å². The van der Waals surface area contributed by atoms with Crippen LogP contribution in [0, 0.1) is 5.41 Å². The van der Waals surface area contributed by atoms with Crippen molar-refractivity contribution in [2.75, 3.05) is 6.61 Å². The lowest BCUT2D eigenvalue weighted by Crippen LogP contribution is -2.34. The number of hydrogen-bond donors (Lipinski definition) is 0. The Morgan fingerprint density at radius 3 is 2.28 bits per heavy atom. The van der Waals surface area contributed by atoms with Gasteiger partial charge in [0.2, 0.25) is 0 Å². The Morgan fingerprint density at radius 1 is 1.22 bits per heavy atom. The monoisotopic (exact) mass is 253 g/mol. The van der Waals surface area contributed by atoms with Gasteiger partial charge >= 0.3 is 0 Å². The maximum absolute atomic E-state index is 5.98. The van der Waals surface area contributed by atoms with E-state index in [-0.39, 0.29) is 11.0 Å². The third kappa shape index (κ3) is 5.17. The van der Waals surface area contributed by atoms with Gasteiger partial charge in [-0.3, -0.25) is 0 Å². The van der Waals surface area contributed by atoms with Crippen molar-refractivity contribution in [1.82, 2.24) is 15.0 Å². The van der Waals surface area contributed by atoms with Crippen molar-refractivity contribution in [3.63, 3.8) is 0 Å². The van der Waals surface area contributed by atoms with E-state index in [4.69, 9.17) is 4.74 Å². The maximum atomic E-state index is 5.98. The predicted octanol–water partition coefficient (Wildman–Crippen LogP) is 3.24. The number of aromatic nitrogens is 3. The lowest BCUT2D eigenvalue weighted by atomic mass is 9.98. The third-order valence-corrected chi connectivity index (χ3v) is 2.59. The molecule has 0 saturated heterocycles. The van der Waals surface area contributed by atoms with E-state index in [1.807, 2.05) is 10.9 Å². The number of hydrogen-bond acceptors (Lipinski definition) is 3. The minimum Gasteiger partial charge on any atom is -0.373 e. The minimum atomic E-state index is -0.227. The molecule has 1 aromatic heterocycles. The molecule has 4 nitrogen and oxygen atoms in total. The van der Waals surface area contributed by atoms with Gasteiger partial charge in [-0.15, -0.1) is 5.10 Å². The molecule has 0 spiro atoms. The predicted molar refractivity (Wildman–Crippen MR) is 73.6 cm³/mol. The summed E-state index contributed by atoms with van der Waals surface area (Å²) in [6.45, 7) is 16.4. The standard InChI is InChI=1S/C14H27N3O/c1-11(2)12-8-17(16-15-12)9-14(6,7)18-10-13(3,4)5/h8,11H,9-10H2,1-7H3. The molecule has 0 bridgehead atoms. The quantitative estimate of drug-likeness (QED) is 0.808. The molecule has 0 atom stereocenters. The van der Waals surface area contributed by atoms with Gasteiger partial charge in [0.05, 0.1) is 24.4 Å². The second-order valence-corrected chi connectivity index (χ2v) is 7.10. The van der Waals surface area contributed by atoms with Crippen LogP contribution >= 0.6 is 0 Å². The molecule has 0 unspecified atom stereocenters. The van der Waals surface area contributed by atoms with Crippen molar-refractivity contribution in [2.45, 2.75) is 66.5 Å². The summed E-state index contributed by atoms with van der Waals surface area (Å²) in [7, 11) is 0. The van der Waals surface area contributed by atoms with Crippen LogP contribution in [-0.4, -0.2) is 27.2 Å². The van der Waals surface area contributed by atoms with Crippen molar-refractivity contribution >= 4 is 0 Å². The van der Waals surface area contributed by atoms with Gasteiger partial charge in [0.25, 0.3) is 0 Å². The molecule has 104 valence electrons. The maximum Gasteiger partial charge on any atom is 0.0852 e. The SMILES string of the molecule is CC(C)c1cn(CC(C)(C)OCC(C)(C)C)nn1. The molecule has 0 aliphatic carbocycles. The summed E-state index contributed by atoms with van der Waals surface area (Å²) in [4.78, 5) is 0. The molecule has 1 aromatic rings. The molecule has 0 aliphatic heterocycles. The van der Waals surface area contributed by atoms with Gasteiger partial charge in [0, 0.05) is 6.20 Å². The van der Waals surface area contributed by atoms with Crippen LogP contribution in [0.1, 0.15) is 60.1 Å². The average molecular weight is 253 g/mol. The highest BCUT2D eigenvalue weighted by atomic mass is 16.5. The van der Waals surface area contributed by atoms with E-state index in [0.29, 0.717) is 5.92 Å². The molecular weight excluding hydrogens is 226 g/mol. The Kier molecular flexibility index (Phi) is 4.54. The first-order valence-electron chi connectivity index (χ1n) is 6.63. The van der Waals surface area contributed by atoms with E-state index in [0.717, 1.165) is 18.8 Å². The molecule has 0 amide bonds. The zero-order valence-corrected chi connectivity index (χ0v) is 12.8. The molecular formula is C14H27N3O. The zero-order valence-electron chi connectivity index (χ0n) is 12.8. The zero-order chi connectivity index (χ0) is 14.0. The summed E-state index contributed by atoms with van der Waals surface area (Å²) >= 11 is 0. The summed E-state index contributed by atoms with van der Waals surface area (Å²) in [5, 5.41) is 8.32. The summed E-state index contributed by atoms with van der Waals surface area (Å²) in [6, 6.07) is 0. The summed E-state index contributed by atoms with van der Waals surface area (Å²) in [5.41, 5.74) is 0.986. The molecule has 18 heavy (non-hydrogen) atoms. The first-order chi connectivity index (χ1) is 8.09. The van der Waals surface area contributed by atoms with Crippen molar-refractivity contribution in [3.8, 4) is 0 Å². The van der Waals surface area contributed by atoms with Crippen LogP contribution in [0.25, 0.3) is 0 Å². The summed E-state index contributed by atoms with van der Waals surface area (Å²) in [6.07, 6.45) is 2.01. The highest BCUT2D eigenvalue weighted by Gasteiger charge is 2.23. The lowest BCUT2D eigenvalue weighted by molar-refractivity contribution is -0.0620. The Bertz CT molecular complexity index is 375. The fourth-order valence-electron chi connectivity index (χ4n) is 1.50. The molecule has 1 heterocycles. The molecule has 4 heteroatoms. The van der Waals surface area contributed by atoms with E-state index < -0.39 is 0 Å². The van der Waals surface area contributed by atoms with Gasteiger partial charge in [-0.1, -0.05) is 39.8 Å². The second-order valence-electron chi connectivity index (χ2n) is 7.10. The van der Waals surface area contributed by atoms with Gasteiger partial charge in [0.15, 0.2) is 0 Å². The van der Waals surface area contributed by atoms with Gasteiger partial charge in [-0.2, -0.15) is 0 Å². The van der Waals surface area contributed by atoms with E-state index in [9.17, 15) is 0 Å². The van der Waals surface area contributed by atoms with Crippen molar-refractivity contribution < 1.29 is 4.74 Å². The van der Waals surface area contributed by atoms with E-state index >= 15 is 0 Å². The largest absolute Gasteiger partial charge is 0.373 e. The van der Waals surface area contributed by atoms with Crippen LogP contribution in [-0.2, 0) is 11.3 Å². The van der Waals surface area contributed by atoms with Crippen LogP contribution in [0.2, 0.25) is 0 Å². The summed E-state index contributed by atoms with van der Waals surface area (Å²) in [5.74, 6) is 0.414. The lowest BCUT2D eigenvalue weighted by Gasteiger charge is -2.29. The fraction of sp³-hybridized carbons (Fsp3) is 0.857.